The number of hydroxylamine groups is 4. The molecule has 2 aliphatic rings. The number of benzene rings is 4. The maximum absolute atomic E-state index is 13.2. The first-order valence-corrected chi connectivity index (χ1v) is 15.2. The van der Waals surface area contributed by atoms with Crippen LogP contribution in [-0.4, -0.2) is 50.6 Å². The molecular weight excluding hydrogens is 642 g/mol. The van der Waals surface area contributed by atoms with Crippen LogP contribution in [0.25, 0.3) is 0 Å². The van der Waals surface area contributed by atoms with Gasteiger partial charge in [0.2, 0.25) is 0 Å². The molecule has 4 amide bonds. The van der Waals surface area contributed by atoms with Crippen LogP contribution in [0.3, 0.4) is 0 Å². The van der Waals surface area contributed by atoms with Gasteiger partial charge in [0.15, 0.2) is 0 Å². The lowest BCUT2D eigenvalue weighted by molar-refractivity contribution is -0.0107. The van der Waals surface area contributed by atoms with Gasteiger partial charge in [-0.15, -0.1) is 18.7 Å². The summed E-state index contributed by atoms with van der Waals surface area (Å²) >= 11 is 0. The van der Waals surface area contributed by atoms with E-state index in [9.17, 15) is 44.8 Å². The Morgan fingerprint density at radius 1 is 0.467 bits per heavy atom. The highest BCUT2D eigenvalue weighted by Crippen LogP contribution is 2.34. The smallest absolute Gasteiger partial charge is 0.318 e. The zero-order valence-electron chi connectivity index (χ0n) is 22.0. The first-order valence-electron chi connectivity index (χ1n) is 12.4. The van der Waals surface area contributed by atoms with Crippen LogP contribution in [0.2, 0.25) is 0 Å². The zero-order chi connectivity index (χ0) is 32.3. The van der Waals surface area contributed by atoms with Crippen LogP contribution in [0, 0.1) is 11.6 Å². The normalized spacial score (nSPS) is 14.6. The third-order valence-corrected chi connectivity index (χ3v) is 8.82. The first-order chi connectivity index (χ1) is 21.2. The highest BCUT2D eigenvalue weighted by atomic mass is 32.2. The van der Waals surface area contributed by atoms with Gasteiger partial charge in [0, 0.05) is 0 Å². The fourth-order valence-electron chi connectivity index (χ4n) is 4.28. The SMILES string of the molecule is O=C1c2ccc(Oc3ccc4c(c3)C(=O)N(OS(=O)(=O)c3ccc(F)cc3)C4=O)cc2C(=O)N1OS(=O)(=O)c1ccc(F)cc1. The molecule has 6 rings (SSSR count). The molecule has 17 heteroatoms. The Hall–Kier alpha value is -5.36. The Balaban J connectivity index is 1.20. The number of rotatable bonds is 8. The molecule has 13 nitrogen and oxygen atoms in total. The van der Waals surface area contributed by atoms with Gasteiger partial charge in [0.25, 0.3) is 23.6 Å². The lowest BCUT2D eigenvalue weighted by atomic mass is 10.1. The van der Waals surface area contributed by atoms with E-state index >= 15 is 0 Å². The van der Waals surface area contributed by atoms with Crippen molar-refractivity contribution in [2.75, 3.05) is 0 Å². The number of nitrogens with zero attached hydrogens (tertiary/aromatic N) is 2. The Kier molecular flexibility index (Phi) is 7.04. The zero-order valence-corrected chi connectivity index (χ0v) is 23.7. The molecule has 4 aromatic carbocycles. The summed E-state index contributed by atoms with van der Waals surface area (Å²) in [6.45, 7) is 0. The third-order valence-electron chi connectivity index (χ3n) is 6.43. The van der Waals surface area contributed by atoms with Crippen molar-refractivity contribution in [2.45, 2.75) is 9.79 Å². The molecule has 4 aromatic rings. The Bertz CT molecular complexity index is 2020. The third kappa shape index (κ3) is 5.33. The summed E-state index contributed by atoms with van der Waals surface area (Å²) in [6.07, 6.45) is 0. The lowest BCUT2D eigenvalue weighted by Gasteiger charge is -2.12. The number of imide groups is 2. The van der Waals surface area contributed by atoms with Gasteiger partial charge in [-0.2, -0.15) is 16.8 Å². The number of carbonyl (C=O) groups is 4. The van der Waals surface area contributed by atoms with E-state index in [1.165, 1.54) is 12.1 Å². The predicted octanol–water partition coefficient (Wildman–Crippen LogP) is 3.59. The average Bonchev–Trinajstić information content (AvgIpc) is 3.36. The monoisotopic (exact) mass is 656 g/mol. The quantitative estimate of drug-likeness (QED) is 0.254. The van der Waals surface area contributed by atoms with E-state index < -0.39 is 65.3 Å². The molecule has 2 heterocycles. The second kappa shape index (κ2) is 10.7. The summed E-state index contributed by atoms with van der Waals surface area (Å²) in [5.74, 6) is -6.02. The number of hydrogen-bond donors (Lipinski definition) is 0. The molecule has 0 saturated carbocycles. The van der Waals surface area contributed by atoms with Crippen molar-refractivity contribution < 1.29 is 58.1 Å². The van der Waals surface area contributed by atoms with Crippen LogP contribution in [-0.2, 0) is 28.8 Å². The molecule has 0 bridgehead atoms. The van der Waals surface area contributed by atoms with Crippen molar-refractivity contribution in [3.63, 3.8) is 0 Å². The van der Waals surface area contributed by atoms with E-state index in [1.807, 2.05) is 0 Å². The maximum Gasteiger partial charge on any atom is 0.318 e. The Morgan fingerprint density at radius 3 is 1.16 bits per heavy atom. The molecule has 0 fully saturated rings. The minimum Gasteiger partial charge on any atom is -0.457 e. The standard InChI is InChI=1S/C28H14F2N2O11S2/c29-15-1-7-19(8-2-15)44(37,38)42-31-25(33)21-11-5-17(13-23(21)27(31)35)41-18-6-12-22-24(14-18)28(36)32(26(22)34)43-45(39,40)20-9-3-16(30)4-10-20/h1-14H. The van der Waals surface area contributed by atoms with Crippen LogP contribution in [0.4, 0.5) is 8.78 Å². The van der Waals surface area contributed by atoms with Gasteiger partial charge in [-0.25, -0.2) is 8.78 Å². The fraction of sp³-hybridized carbons (Fsp3) is 0. The average molecular weight is 657 g/mol. The molecule has 0 atom stereocenters. The molecule has 0 N–H and O–H groups in total. The summed E-state index contributed by atoms with van der Waals surface area (Å²) in [5.41, 5.74) is -1.01. The summed E-state index contributed by atoms with van der Waals surface area (Å²) in [4.78, 5) is 50.3. The Morgan fingerprint density at radius 2 is 0.800 bits per heavy atom. The molecule has 228 valence electrons. The molecule has 45 heavy (non-hydrogen) atoms. The van der Waals surface area contributed by atoms with Crippen LogP contribution >= 0.6 is 0 Å². The molecular formula is C28H14F2N2O11S2. The minimum absolute atomic E-state index is 0.0292. The van der Waals surface area contributed by atoms with Gasteiger partial charge in [-0.05, 0) is 84.9 Å². The van der Waals surface area contributed by atoms with Crippen molar-refractivity contribution in [2.24, 2.45) is 0 Å². The summed E-state index contributed by atoms with van der Waals surface area (Å²) in [6, 6.07) is 14.0. The highest BCUT2D eigenvalue weighted by molar-refractivity contribution is 7.87. The summed E-state index contributed by atoms with van der Waals surface area (Å²) in [5, 5.41) is 0.0583. The van der Waals surface area contributed by atoms with E-state index in [0.717, 1.165) is 72.8 Å². The second-order valence-corrected chi connectivity index (χ2v) is 12.3. The topological polar surface area (TPSA) is 171 Å². The number of carbonyl (C=O) groups excluding carboxylic acids is 4. The van der Waals surface area contributed by atoms with Crippen molar-refractivity contribution in [3.05, 3.63) is 119 Å². The van der Waals surface area contributed by atoms with Crippen molar-refractivity contribution in [1.29, 1.82) is 0 Å². The van der Waals surface area contributed by atoms with E-state index in [0.29, 0.717) is 0 Å². The van der Waals surface area contributed by atoms with E-state index in [-0.39, 0.29) is 43.9 Å². The Labute approximate surface area is 251 Å². The highest BCUT2D eigenvalue weighted by Gasteiger charge is 2.42. The van der Waals surface area contributed by atoms with Crippen molar-refractivity contribution in [3.8, 4) is 11.5 Å². The number of ether oxygens (including phenoxy) is 1. The van der Waals surface area contributed by atoms with Crippen molar-refractivity contribution >= 4 is 43.9 Å². The van der Waals surface area contributed by atoms with Gasteiger partial charge in [0.05, 0.1) is 32.0 Å². The van der Waals surface area contributed by atoms with Crippen molar-refractivity contribution in [1.82, 2.24) is 10.1 Å². The van der Waals surface area contributed by atoms with Crippen LogP contribution in [0.5, 0.6) is 11.5 Å². The molecule has 0 aliphatic carbocycles. The second-order valence-electron chi connectivity index (χ2n) is 9.29. The van der Waals surface area contributed by atoms with Crippen LogP contribution in [0.1, 0.15) is 41.4 Å². The maximum atomic E-state index is 13.2. The van der Waals surface area contributed by atoms with Gasteiger partial charge >= 0.3 is 20.2 Å². The van der Waals surface area contributed by atoms with E-state index in [2.05, 4.69) is 0 Å². The van der Waals surface area contributed by atoms with Gasteiger partial charge < -0.3 is 4.74 Å². The van der Waals surface area contributed by atoms with Gasteiger partial charge in [-0.3, -0.25) is 19.2 Å². The lowest BCUT2D eigenvalue weighted by Crippen LogP contribution is -2.32. The largest absolute Gasteiger partial charge is 0.457 e. The van der Waals surface area contributed by atoms with Crippen LogP contribution < -0.4 is 4.74 Å². The first kappa shape index (κ1) is 29.7. The fourth-order valence-corrected chi connectivity index (χ4v) is 6.05. The summed E-state index contributed by atoms with van der Waals surface area (Å²) < 4.78 is 91.7. The minimum atomic E-state index is -4.69. The molecule has 0 radical (unpaired) electrons. The van der Waals surface area contributed by atoms with Crippen LogP contribution in [0.15, 0.2) is 94.7 Å². The number of hydrogen-bond acceptors (Lipinski definition) is 11. The van der Waals surface area contributed by atoms with E-state index in [1.54, 1.807) is 0 Å². The van der Waals surface area contributed by atoms with Gasteiger partial charge in [-0.1, -0.05) is 0 Å². The molecule has 2 aliphatic heterocycles. The van der Waals surface area contributed by atoms with Gasteiger partial charge in [0.1, 0.15) is 23.1 Å². The summed E-state index contributed by atoms with van der Waals surface area (Å²) in [7, 11) is -9.38. The van der Waals surface area contributed by atoms with E-state index in [4.69, 9.17) is 13.3 Å². The molecule has 0 unspecified atom stereocenters. The number of amides is 4. The molecule has 0 saturated heterocycles. The predicted molar refractivity (Wildman–Crippen MR) is 143 cm³/mol. The number of halogens is 2. The molecule has 0 aromatic heterocycles. The number of fused-ring (bicyclic) bond motifs is 2. The molecule has 0 spiro atoms.